The van der Waals surface area contributed by atoms with E-state index in [9.17, 15) is 4.39 Å². The maximum Gasteiger partial charge on any atom is 0.191 e. The van der Waals surface area contributed by atoms with Crippen LogP contribution in [-0.4, -0.2) is 36.6 Å². The Kier molecular flexibility index (Phi) is 6.13. The van der Waals surface area contributed by atoms with E-state index >= 15 is 0 Å². The molecule has 0 radical (unpaired) electrons. The van der Waals surface area contributed by atoms with Crippen molar-refractivity contribution in [2.45, 2.75) is 26.8 Å². The van der Waals surface area contributed by atoms with Crippen LogP contribution in [0.5, 0.6) is 5.75 Å². The van der Waals surface area contributed by atoms with Gasteiger partial charge in [-0.05, 0) is 44.0 Å². The van der Waals surface area contributed by atoms with Gasteiger partial charge >= 0.3 is 0 Å². The van der Waals surface area contributed by atoms with E-state index in [-0.39, 0.29) is 5.82 Å². The Morgan fingerprint density at radius 3 is 2.86 bits per heavy atom. The molecular weight excluding hydrogens is 357 g/mol. The van der Waals surface area contributed by atoms with Crippen LogP contribution in [0.25, 0.3) is 10.9 Å². The molecule has 0 bridgehead atoms. The number of H-pyrrole nitrogens is 1. The molecule has 0 amide bonds. The first-order chi connectivity index (χ1) is 13.5. The van der Waals surface area contributed by atoms with Crippen LogP contribution in [0.3, 0.4) is 0 Å². The lowest BCUT2D eigenvalue weighted by atomic mass is 10.1. The number of hydrogen-bond donors (Lipinski definition) is 3. The Balaban J connectivity index is 1.57. The van der Waals surface area contributed by atoms with E-state index in [1.165, 1.54) is 6.07 Å². The molecule has 7 heteroatoms. The van der Waals surface area contributed by atoms with E-state index in [4.69, 9.17) is 4.74 Å². The number of nitrogens with one attached hydrogen (secondary N) is 3. The summed E-state index contributed by atoms with van der Waals surface area (Å²) >= 11 is 0. The predicted molar refractivity (Wildman–Crippen MR) is 110 cm³/mol. The number of fused-ring (bicyclic) bond motifs is 1. The molecule has 0 aliphatic carbocycles. The standard InChI is InChI=1S/C21H26FN5O/c1-13-10-25-19(14(2)20(13)28-4)12-27-21(23-3)24-8-7-15-11-26-18-6-5-16(22)9-17(15)18/h5-6,9-11,26H,7-8,12H2,1-4H3,(H2,23,24,27). The Labute approximate surface area is 164 Å². The zero-order valence-electron chi connectivity index (χ0n) is 16.7. The molecule has 0 aliphatic heterocycles. The van der Waals surface area contributed by atoms with Crippen molar-refractivity contribution in [1.82, 2.24) is 20.6 Å². The van der Waals surface area contributed by atoms with E-state index in [0.29, 0.717) is 19.0 Å². The zero-order chi connectivity index (χ0) is 20.1. The average Bonchev–Trinajstić information content (AvgIpc) is 3.08. The molecule has 3 rings (SSSR count). The van der Waals surface area contributed by atoms with Gasteiger partial charge in [0.05, 0.1) is 19.3 Å². The summed E-state index contributed by atoms with van der Waals surface area (Å²) in [7, 11) is 3.40. The Hall–Kier alpha value is -3.09. The van der Waals surface area contributed by atoms with E-state index in [1.807, 2.05) is 26.2 Å². The van der Waals surface area contributed by atoms with Crippen LogP contribution in [0.15, 0.2) is 35.6 Å². The molecule has 28 heavy (non-hydrogen) atoms. The minimum Gasteiger partial charge on any atom is -0.496 e. The second-order valence-corrected chi connectivity index (χ2v) is 6.65. The van der Waals surface area contributed by atoms with Gasteiger partial charge in [0, 0.05) is 48.0 Å². The van der Waals surface area contributed by atoms with Crippen LogP contribution in [0.2, 0.25) is 0 Å². The highest BCUT2D eigenvalue weighted by Gasteiger charge is 2.10. The molecule has 0 spiro atoms. The minimum absolute atomic E-state index is 0.227. The van der Waals surface area contributed by atoms with Gasteiger partial charge in [-0.15, -0.1) is 0 Å². The highest BCUT2D eigenvalue weighted by atomic mass is 19.1. The summed E-state index contributed by atoms with van der Waals surface area (Å²) in [6, 6.07) is 4.78. The molecule has 3 aromatic rings. The molecular formula is C21H26FN5O. The Morgan fingerprint density at radius 1 is 1.29 bits per heavy atom. The van der Waals surface area contributed by atoms with Gasteiger partial charge in [-0.1, -0.05) is 0 Å². The lowest BCUT2D eigenvalue weighted by Gasteiger charge is -2.15. The summed E-state index contributed by atoms with van der Waals surface area (Å²) in [5, 5.41) is 7.48. The number of nitrogens with zero attached hydrogens (tertiary/aromatic N) is 2. The summed E-state index contributed by atoms with van der Waals surface area (Å²) in [4.78, 5) is 11.9. The number of ether oxygens (including phenoxy) is 1. The van der Waals surface area contributed by atoms with Crippen molar-refractivity contribution in [3.05, 3.63) is 58.8 Å². The average molecular weight is 383 g/mol. The highest BCUT2D eigenvalue weighted by molar-refractivity contribution is 5.83. The maximum absolute atomic E-state index is 13.5. The second kappa shape index (κ2) is 8.73. The number of methoxy groups -OCH3 is 1. The summed E-state index contributed by atoms with van der Waals surface area (Å²) in [5.41, 5.74) is 4.96. The van der Waals surface area contributed by atoms with Gasteiger partial charge in [-0.3, -0.25) is 9.98 Å². The molecule has 2 heterocycles. The summed E-state index contributed by atoms with van der Waals surface area (Å²) < 4.78 is 19.0. The third-order valence-corrected chi connectivity index (χ3v) is 4.81. The number of guanidine groups is 1. The Bertz CT molecular complexity index is 996. The summed E-state index contributed by atoms with van der Waals surface area (Å²) in [6.07, 6.45) is 4.49. The van der Waals surface area contributed by atoms with E-state index in [2.05, 4.69) is 25.6 Å². The smallest absolute Gasteiger partial charge is 0.191 e. The van der Waals surface area contributed by atoms with Gasteiger partial charge in [0.25, 0.3) is 0 Å². The molecule has 1 aromatic carbocycles. The number of hydrogen-bond acceptors (Lipinski definition) is 3. The molecule has 0 unspecified atom stereocenters. The fourth-order valence-corrected chi connectivity index (χ4v) is 3.31. The number of aromatic amines is 1. The molecule has 148 valence electrons. The van der Waals surface area contributed by atoms with Crippen molar-refractivity contribution in [2.75, 3.05) is 20.7 Å². The van der Waals surface area contributed by atoms with Crippen LogP contribution < -0.4 is 15.4 Å². The molecule has 0 saturated carbocycles. The SMILES string of the molecule is CN=C(NCCc1c[nH]c2ccc(F)cc12)NCc1ncc(C)c(OC)c1C. The maximum atomic E-state index is 13.5. The van der Waals surface area contributed by atoms with Gasteiger partial charge < -0.3 is 20.4 Å². The van der Waals surface area contributed by atoms with Crippen molar-refractivity contribution < 1.29 is 9.13 Å². The topological polar surface area (TPSA) is 74.3 Å². The van der Waals surface area contributed by atoms with Gasteiger partial charge in [0.15, 0.2) is 5.96 Å². The molecule has 0 fully saturated rings. The number of rotatable bonds is 6. The van der Waals surface area contributed by atoms with Gasteiger partial charge in [0.1, 0.15) is 11.6 Å². The van der Waals surface area contributed by atoms with E-state index in [0.717, 1.165) is 45.5 Å². The van der Waals surface area contributed by atoms with Crippen LogP contribution in [0, 0.1) is 19.7 Å². The minimum atomic E-state index is -0.227. The number of benzene rings is 1. The van der Waals surface area contributed by atoms with Gasteiger partial charge in [0.2, 0.25) is 0 Å². The first kappa shape index (κ1) is 19.7. The van der Waals surface area contributed by atoms with Gasteiger partial charge in [-0.2, -0.15) is 0 Å². The third-order valence-electron chi connectivity index (χ3n) is 4.81. The highest BCUT2D eigenvalue weighted by Crippen LogP contribution is 2.23. The molecule has 0 saturated heterocycles. The van der Waals surface area contributed by atoms with Crippen molar-refractivity contribution >= 4 is 16.9 Å². The van der Waals surface area contributed by atoms with E-state index < -0.39 is 0 Å². The quantitative estimate of drug-likeness (QED) is 0.451. The Morgan fingerprint density at radius 2 is 2.11 bits per heavy atom. The molecule has 3 N–H and O–H groups in total. The summed E-state index contributed by atoms with van der Waals surface area (Å²) in [6.45, 7) is 5.20. The van der Waals surface area contributed by atoms with Crippen molar-refractivity contribution in [3.63, 3.8) is 0 Å². The fourth-order valence-electron chi connectivity index (χ4n) is 3.31. The number of halogens is 1. The predicted octanol–water partition coefficient (Wildman–Crippen LogP) is 3.24. The first-order valence-corrected chi connectivity index (χ1v) is 9.22. The lowest BCUT2D eigenvalue weighted by molar-refractivity contribution is 0.406. The van der Waals surface area contributed by atoms with Crippen LogP contribution in [0.1, 0.15) is 22.4 Å². The monoisotopic (exact) mass is 383 g/mol. The largest absolute Gasteiger partial charge is 0.496 e. The van der Waals surface area contributed by atoms with Crippen molar-refractivity contribution in [2.24, 2.45) is 4.99 Å². The number of aliphatic imine (C=N–C) groups is 1. The van der Waals surface area contributed by atoms with Crippen LogP contribution in [0.4, 0.5) is 4.39 Å². The van der Waals surface area contributed by atoms with E-state index in [1.54, 1.807) is 26.3 Å². The number of pyridine rings is 1. The molecule has 0 aliphatic rings. The van der Waals surface area contributed by atoms with Crippen LogP contribution in [-0.2, 0) is 13.0 Å². The second-order valence-electron chi connectivity index (χ2n) is 6.65. The normalized spacial score (nSPS) is 11.7. The fraction of sp³-hybridized carbons (Fsp3) is 0.333. The summed E-state index contributed by atoms with van der Waals surface area (Å²) in [5.74, 6) is 1.32. The zero-order valence-corrected chi connectivity index (χ0v) is 16.7. The number of aromatic nitrogens is 2. The van der Waals surface area contributed by atoms with Crippen molar-refractivity contribution in [3.8, 4) is 5.75 Å². The molecule has 6 nitrogen and oxygen atoms in total. The first-order valence-electron chi connectivity index (χ1n) is 9.22. The van der Waals surface area contributed by atoms with Gasteiger partial charge in [-0.25, -0.2) is 4.39 Å². The third kappa shape index (κ3) is 4.24. The lowest BCUT2D eigenvalue weighted by Crippen LogP contribution is -2.38. The molecule has 2 aromatic heterocycles. The number of aryl methyl sites for hydroxylation is 1. The van der Waals surface area contributed by atoms with Crippen molar-refractivity contribution in [1.29, 1.82) is 0 Å². The molecule has 0 atom stereocenters. The van der Waals surface area contributed by atoms with Crippen LogP contribution >= 0.6 is 0 Å².